The minimum atomic E-state index is 0.272. The molecule has 1 N–H and O–H groups in total. The Morgan fingerprint density at radius 3 is 2.76 bits per heavy atom. The number of aryl methyl sites for hydroxylation is 1. The van der Waals surface area contributed by atoms with Crippen LogP contribution in [0, 0.1) is 17.3 Å². The van der Waals surface area contributed by atoms with E-state index in [-0.39, 0.29) is 11.2 Å². The van der Waals surface area contributed by atoms with Crippen molar-refractivity contribution in [3.05, 3.63) is 23.3 Å². The van der Waals surface area contributed by atoms with Gasteiger partial charge in [-0.15, -0.1) is 0 Å². The fraction of sp³-hybridized carbons (Fsp3) is 0.714. The van der Waals surface area contributed by atoms with Gasteiger partial charge in [-0.3, -0.25) is 0 Å². The molecular formula is C21H30O4. The number of rotatable bonds is 4. The van der Waals surface area contributed by atoms with E-state index in [1.54, 1.807) is 14.2 Å². The van der Waals surface area contributed by atoms with Crippen LogP contribution in [0.5, 0.6) is 11.5 Å². The van der Waals surface area contributed by atoms with E-state index in [4.69, 9.17) is 14.2 Å². The Morgan fingerprint density at radius 1 is 1.16 bits per heavy atom. The second-order valence-corrected chi connectivity index (χ2v) is 8.32. The van der Waals surface area contributed by atoms with Crippen molar-refractivity contribution in [3.63, 3.8) is 0 Å². The molecule has 4 nitrogen and oxygen atoms in total. The summed E-state index contributed by atoms with van der Waals surface area (Å²) in [5, 5.41) is 10.1. The smallest absolute Gasteiger partial charge is 0.160 e. The third-order valence-electron chi connectivity index (χ3n) is 7.32. The third kappa shape index (κ3) is 2.65. The van der Waals surface area contributed by atoms with Crippen LogP contribution in [-0.2, 0) is 15.9 Å². The molecule has 5 atom stereocenters. The summed E-state index contributed by atoms with van der Waals surface area (Å²) >= 11 is 0. The molecule has 3 aliphatic carbocycles. The topological polar surface area (TPSA) is 47.9 Å². The normalized spacial score (nSPS) is 36.4. The molecule has 0 radical (unpaired) electrons. The van der Waals surface area contributed by atoms with Crippen molar-refractivity contribution in [2.24, 2.45) is 17.3 Å². The number of hydrogen-bond acceptors (Lipinski definition) is 4. The lowest BCUT2D eigenvalue weighted by Crippen LogP contribution is -2.44. The first kappa shape index (κ1) is 17.2. The zero-order chi connectivity index (χ0) is 17.6. The molecule has 0 aliphatic heterocycles. The maximum atomic E-state index is 10.1. The predicted octanol–water partition coefficient (Wildman–Crippen LogP) is 4.25. The number of phenolic OH excluding ortho intramolecular Hbond substituents is 1. The molecule has 0 aromatic heterocycles. The van der Waals surface area contributed by atoms with Gasteiger partial charge >= 0.3 is 0 Å². The molecule has 0 spiro atoms. The van der Waals surface area contributed by atoms with Crippen molar-refractivity contribution >= 4 is 0 Å². The van der Waals surface area contributed by atoms with Crippen molar-refractivity contribution in [1.29, 1.82) is 0 Å². The van der Waals surface area contributed by atoms with Gasteiger partial charge in [0.25, 0.3) is 0 Å². The SMILES string of the molecule is COCO[C@H]1CC[C@H]2[C@@H]3CCc4cc(O)c(OC)cc4[C@H]3CC[C@]12C. The second kappa shape index (κ2) is 6.48. The first-order valence-electron chi connectivity index (χ1n) is 9.58. The monoisotopic (exact) mass is 346 g/mol. The summed E-state index contributed by atoms with van der Waals surface area (Å²) in [4.78, 5) is 0. The molecular weight excluding hydrogens is 316 g/mol. The molecule has 0 amide bonds. The second-order valence-electron chi connectivity index (χ2n) is 8.32. The van der Waals surface area contributed by atoms with Crippen molar-refractivity contribution in [2.45, 2.75) is 57.5 Å². The van der Waals surface area contributed by atoms with E-state index in [0.29, 0.717) is 24.6 Å². The van der Waals surface area contributed by atoms with Gasteiger partial charge in [-0.1, -0.05) is 6.92 Å². The van der Waals surface area contributed by atoms with Gasteiger partial charge in [-0.25, -0.2) is 0 Å². The van der Waals surface area contributed by atoms with Gasteiger partial charge in [0.2, 0.25) is 0 Å². The van der Waals surface area contributed by atoms with Crippen LogP contribution >= 0.6 is 0 Å². The van der Waals surface area contributed by atoms with E-state index < -0.39 is 0 Å². The number of hydrogen-bond donors (Lipinski definition) is 1. The van der Waals surface area contributed by atoms with Crippen LogP contribution in [0.15, 0.2) is 12.1 Å². The van der Waals surface area contributed by atoms with E-state index in [9.17, 15) is 5.11 Å². The van der Waals surface area contributed by atoms with E-state index in [1.165, 1.54) is 36.8 Å². The fourth-order valence-electron chi connectivity index (χ4n) is 6.13. The van der Waals surface area contributed by atoms with Crippen molar-refractivity contribution in [2.75, 3.05) is 21.0 Å². The Labute approximate surface area is 150 Å². The van der Waals surface area contributed by atoms with E-state index >= 15 is 0 Å². The van der Waals surface area contributed by atoms with Crippen LogP contribution in [0.1, 0.15) is 56.1 Å². The van der Waals surface area contributed by atoms with Crippen LogP contribution in [0.2, 0.25) is 0 Å². The van der Waals surface area contributed by atoms with Gasteiger partial charge in [0.15, 0.2) is 11.5 Å². The zero-order valence-electron chi connectivity index (χ0n) is 15.6. The molecule has 2 saturated carbocycles. The number of benzene rings is 1. The Balaban J connectivity index is 1.62. The first-order valence-corrected chi connectivity index (χ1v) is 9.58. The zero-order valence-corrected chi connectivity index (χ0v) is 15.6. The van der Waals surface area contributed by atoms with Crippen LogP contribution in [-0.4, -0.2) is 32.2 Å². The Hall–Kier alpha value is -1.26. The molecule has 1 aromatic rings. The summed E-state index contributed by atoms with van der Waals surface area (Å²) in [5.41, 5.74) is 3.00. The summed E-state index contributed by atoms with van der Waals surface area (Å²) in [7, 11) is 3.33. The lowest BCUT2D eigenvalue weighted by molar-refractivity contribution is -0.125. The molecule has 2 fully saturated rings. The average Bonchev–Trinajstić information content (AvgIpc) is 2.95. The Kier molecular flexibility index (Phi) is 4.45. The average molecular weight is 346 g/mol. The highest BCUT2D eigenvalue weighted by Gasteiger charge is 2.55. The highest BCUT2D eigenvalue weighted by atomic mass is 16.7. The number of aromatic hydroxyl groups is 1. The Morgan fingerprint density at radius 2 is 2.00 bits per heavy atom. The molecule has 4 rings (SSSR count). The van der Waals surface area contributed by atoms with Crippen LogP contribution in [0.4, 0.5) is 0 Å². The third-order valence-corrected chi connectivity index (χ3v) is 7.32. The number of fused-ring (bicyclic) bond motifs is 5. The minimum Gasteiger partial charge on any atom is -0.504 e. The summed E-state index contributed by atoms with van der Waals surface area (Å²) < 4.78 is 16.6. The molecule has 0 unspecified atom stereocenters. The van der Waals surface area contributed by atoms with Gasteiger partial charge in [0.05, 0.1) is 13.2 Å². The van der Waals surface area contributed by atoms with Crippen LogP contribution in [0.25, 0.3) is 0 Å². The number of phenols is 1. The van der Waals surface area contributed by atoms with Gasteiger partial charge < -0.3 is 19.3 Å². The molecule has 4 heteroatoms. The Bertz CT molecular complexity index is 643. The lowest BCUT2D eigenvalue weighted by Gasteiger charge is -2.50. The summed E-state index contributed by atoms with van der Waals surface area (Å²) in [6.07, 6.45) is 7.43. The standard InChI is InChI=1S/C21H30O4/c1-21-9-8-14-15(17(21)6-7-20(21)25-12-23-2)5-4-13-10-18(22)19(24-3)11-16(13)14/h10-11,14-15,17,20,22H,4-9,12H2,1-3H3/t14-,15+,17-,20-,21-/m0/s1. The largest absolute Gasteiger partial charge is 0.504 e. The highest BCUT2D eigenvalue weighted by Crippen LogP contribution is 2.61. The first-order chi connectivity index (χ1) is 12.1. The van der Waals surface area contributed by atoms with Crippen molar-refractivity contribution < 1.29 is 19.3 Å². The van der Waals surface area contributed by atoms with Gasteiger partial charge in [0, 0.05) is 7.11 Å². The van der Waals surface area contributed by atoms with E-state index in [0.717, 1.165) is 24.7 Å². The maximum absolute atomic E-state index is 10.1. The summed E-state index contributed by atoms with van der Waals surface area (Å²) in [5.74, 6) is 2.92. The minimum absolute atomic E-state index is 0.272. The number of ether oxygens (including phenoxy) is 3. The predicted molar refractivity (Wildman–Crippen MR) is 96.0 cm³/mol. The molecule has 0 heterocycles. The maximum Gasteiger partial charge on any atom is 0.160 e. The quantitative estimate of drug-likeness (QED) is 0.828. The van der Waals surface area contributed by atoms with Crippen LogP contribution < -0.4 is 4.74 Å². The molecule has 25 heavy (non-hydrogen) atoms. The molecule has 0 bridgehead atoms. The van der Waals surface area contributed by atoms with Crippen molar-refractivity contribution in [3.8, 4) is 11.5 Å². The number of methoxy groups -OCH3 is 2. The van der Waals surface area contributed by atoms with E-state index in [1.807, 2.05) is 6.07 Å². The van der Waals surface area contributed by atoms with Gasteiger partial charge in [-0.2, -0.15) is 0 Å². The summed E-state index contributed by atoms with van der Waals surface area (Å²) in [6, 6.07) is 4.02. The highest BCUT2D eigenvalue weighted by molar-refractivity contribution is 5.49. The molecule has 3 aliphatic rings. The lowest BCUT2D eigenvalue weighted by atomic mass is 9.55. The summed E-state index contributed by atoms with van der Waals surface area (Å²) in [6.45, 7) is 2.84. The van der Waals surface area contributed by atoms with E-state index in [2.05, 4.69) is 13.0 Å². The fourth-order valence-corrected chi connectivity index (χ4v) is 6.13. The van der Waals surface area contributed by atoms with Crippen LogP contribution in [0.3, 0.4) is 0 Å². The molecule has 138 valence electrons. The molecule has 0 saturated heterocycles. The van der Waals surface area contributed by atoms with Gasteiger partial charge in [-0.05, 0) is 85.0 Å². The molecule has 1 aromatic carbocycles. The van der Waals surface area contributed by atoms with Crippen molar-refractivity contribution in [1.82, 2.24) is 0 Å². The van der Waals surface area contributed by atoms with Gasteiger partial charge in [0.1, 0.15) is 6.79 Å².